The molecule has 0 aliphatic carbocycles. The van der Waals surface area contributed by atoms with Crippen LogP contribution in [-0.2, 0) is 19.3 Å². The molecule has 0 spiro atoms. The van der Waals surface area contributed by atoms with Crippen molar-refractivity contribution in [1.29, 1.82) is 0 Å². The first-order valence-corrected chi connectivity index (χ1v) is 24.8. The molecule has 69 heavy (non-hydrogen) atoms. The molecule has 0 aliphatic rings. The Bertz CT molecular complexity index is 3830. The van der Waals surface area contributed by atoms with Crippen LogP contribution in [0.3, 0.4) is 0 Å². The Balaban J connectivity index is 1.10. The third kappa shape index (κ3) is 7.07. The Morgan fingerprint density at radius 3 is 1.09 bits per heavy atom. The zero-order valence-electron chi connectivity index (χ0n) is 40.2. The van der Waals surface area contributed by atoms with E-state index >= 15 is 0 Å². The molecule has 0 saturated carbocycles. The van der Waals surface area contributed by atoms with E-state index in [0.717, 1.165) is 19.3 Å². The van der Waals surface area contributed by atoms with E-state index in [0.29, 0.717) is 0 Å². The third-order valence-corrected chi connectivity index (χ3v) is 15.0. The van der Waals surface area contributed by atoms with Gasteiger partial charge in [0.15, 0.2) is 0 Å². The van der Waals surface area contributed by atoms with Gasteiger partial charge < -0.3 is 4.90 Å². The van der Waals surface area contributed by atoms with Crippen molar-refractivity contribution in [1.82, 2.24) is 0 Å². The molecule has 0 unspecified atom stereocenters. The van der Waals surface area contributed by atoms with Gasteiger partial charge in [0, 0.05) is 17.1 Å². The molecule has 0 amide bonds. The summed E-state index contributed by atoms with van der Waals surface area (Å²) in [4.78, 5) is 2.63. The lowest BCUT2D eigenvalue weighted by Crippen LogP contribution is -2.17. The van der Waals surface area contributed by atoms with Crippen molar-refractivity contribution in [3.8, 4) is 33.4 Å². The number of aryl methyl sites for hydroxylation is 5. The predicted octanol–water partition coefficient (Wildman–Crippen LogP) is 19.4. The standard InChI is InChI=1S/C68H55N/c1-6-45-40-54(58-27-15-21-51-33-30-48-18-9-12-24-55(48)66(51)58)36-37-63(45)69(64-38-43(4)61(41-46(64)7-2)59-28-16-22-52-34-31-49-19-10-13-25-56(49)67(52)59)65-39-44(5)62(42-47(65)8-3)60-29-17-23-53-35-32-50-20-11-14-26-57(50)68(53)60/h9-42H,6-8H2,1-5H3. The van der Waals surface area contributed by atoms with Gasteiger partial charge in [-0.3, -0.25) is 0 Å². The molecular formula is C68H55N. The first kappa shape index (κ1) is 42.4. The minimum atomic E-state index is 0.883. The molecule has 0 fully saturated rings. The average Bonchev–Trinajstić information content (AvgIpc) is 3.40. The van der Waals surface area contributed by atoms with Crippen LogP contribution in [0, 0.1) is 13.8 Å². The molecule has 0 bridgehead atoms. The Labute approximate surface area is 405 Å². The van der Waals surface area contributed by atoms with Crippen molar-refractivity contribution in [3.63, 3.8) is 0 Å². The number of benzene rings is 12. The Morgan fingerprint density at radius 2 is 0.652 bits per heavy atom. The fraction of sp³-hybridized carbons (Fsp3) is 0.118. The number of nitrogens with zero attached hydrogens (tertiary/aromatic N) is 1. The van der Waals surface area contributed by atoms with Gasteiger partial charge in [-0.2, -0.15) is 0 Å². The van der Waals surface area contributed by atoms with E-state index in [4.69, 9.17) is 0 Å². The maximum Gasteiger partial charge on any atom is 0.0496 e. The predicted molar refractivity (Wildman–Crippen MR) is 300 cm³/mol. The first-order chi connectivity index (χ1) is 33.9. The second kappa shape index (κ2) is 17.3. The summed E-state index contributed by atoms with van der Waals surface area (Å²) in [7, 11) is 0. The van der Waals surface area contributed by atoms with Gasteiger partial charge in [0.25, 0.3) is 0 Å². The summed E-state index contributed by atoms with van der Waals surface area (Å²) < 4.78 is 0. The van der Waals surface area contributed by atoms with Crippen molar-refractivity contribution in [2.75, 3.05) is 4.90 Å². The lowest BCUT2D eigenvalue weighted by atomic mass is 9.88. The molecule has 0 saturated heterocycles. The first-order valence-electron chi connectivity index (χ1n) is 24.8. The molecule has 1 heteroatoms. The molecule has 0 aliphatic heterocycles. The lowest BCUT2D eigenvalue weighted by molar-refractivity contribution is 1.06. The van der Waals surface area contributed by atoms with E-state index < -0.39 is 0 Å². The van der Waals surface area contributed by atoms with Crippen LogP contribution >= 0.6 is 0 Å². The van der Waals surface area contributed by atoms with Crippen LogP contribution in [-0.4, -0.2) is 0 Å². The van der Waals surface area contributed by atoms with Gasteiger partial charge in [-0.05, 0) is 195 Å². The minimum absolute atomic E-state index is 0.883. The van der Waals surface area contributed by atoms with Crippen LogP contribution in [0.25, 0.3) is 98.0 Å². The van der Waals surface area contributed by atoms with Crippen LogP contribution in [0.15, 0.2) is 206 Å². The van der Waals surface area contributed by atoms with E-state index in [9.17, 15) is 0 Å². The number of anilines is 3. The van der Waals surface area contributed by atoms with Crippen LogP contribution < -0.4 is 4.90 Å². The van der Waals surface area contributed by atoms with Gasteiger partial charge in [0.05, 0.1) is 0 Å². The van der Waals surface area contributed by atoms with Crippen LogP contribution in [0.1, 0.15) is 48.6 Å². The summed E-state index contributed by atoms with van der Waals surface area (Å²) in [5.41, 5.74) is 17.8. The fourth-order valence-corrected chi connectivity index (χ4v) is 11.5. The summed E-state index contributed by atoms with van der Waals surface area (Å²) in [6.45, 7) is 11.6. The summed E-state index contributed by atoms with van der Waals surface area (Å²) in [5, 5.41) is 15.4. The smallest absolute Gasteiger partial charge is 0.0496 e. The Hall–Kier alpha value is -8.00. The van der Waals surface area contributed by atoms with E-state index in [1.54, 1.807) is 0 Å². The second-order valence-corrected chi connectivity index (χ2v) is 18.9. The van der Waals surface area contributed by atoms with Gasteiger partial charge in [-0.25, -0.2) is 0 Å². The molecule has 0 aromatic heterocycles. The molecule has 0 heterocycles. The summed E-state index contributed by atoms with van der Waals surface area (Å²) >= 11 is 0. The Kier molecular flexibility index (Phi) is 10.6. The van der Waals surface area contributed by atoms with Gasteiger partial charge in [0.2, 0.25) is 0 Å². The van der Waals surface area contributed by atoms with E-state index in [1.165, 1.54) is 143 Å². The van der Waals surface area contributed by atoms with Crippen molar-refractivity contribution >= 4 is 81.7 Å². The lowest BCUT2D eigenvalue weighted by Gasteiger charge is -2.33. The van der Waals surface area contributed by atoms with Crippen molar-refractivity contribution in [3.05, 3.63) is 234 Å². The molecule has 0 atom stereocenters. The highest BCUT2D eigenvalue weighted by atomic mass is 15.1. The topological polar surface area (TPSA) is 3.24 Å². The van der Waals surface area contributed by atoms with Crippen LogP contribution in [0.2, 0.25) is 0 Å². The highest BCUT2D eigenvalue weighted by Gasteiger charge is 2.25. The van der Waals surface area contributed by atoms with E-state index in [2.05, 4.69) is 246 Å². The van der Waals surface area contributed by atoms with Crippen molar-refractivity contribution < 1.29 is 0 Å². The van der Waals surface area contributed by atoms with Crippen LogP contribution in [0.4, 0.5) is 17.1 Å². The fourth-order valence-electron chi connectivity index (χ4n) is 11.5. The molecule has 0 N–H and O–H groups in total. The number of fused-ring (bicyclic) bond motifs is 9. The zero-order valence-corrected chi connectivity index (χ0v) is 40.2. The normalized spacial score (nSPS) is 11.7. The highest BCUT2D eigenvalue weighted by Crippen LogP contribution is 2.48. The molecule has 332 valence electrons. The van der Waals surface area contributed by atoms with E-state index in [1.807, 2.05) is 0 Å². The second-order valence-electron chi connectivity index (χ2n) is 18.9. The summed E-state index contributed by atoms with van der Waals surface area (Å²) in [5.74, 6) is 0. The molecular weight excluding hydrogens is 831 g/mol. The number of hydrogen-bond acceptors (Lipinski definition) is 1. The van der Waals surface area contributed by atoms with Gasteiger partial charge in [0.1, 0.15) is 0 Å². The highest BCUT2D eigenvalue weighted by molar-refractivity contribution is 6.17. The monoisotopic (exact) mass is 885 g/mol. The Morgan fingerprint density at radius 1 is 0.290 bits per heavy atom. The zero-order chi connectivity index (χ0) is 46.8. The molecule has 12 aromatic rings. The number of rotatable bonds is 9. The van der Waals surface area contributed by atoms with Gasteiger partial charge in [-0.15, -0.1) is 0 Å². The average molecular weight is 886 g/mol. The van der Waals surface area contributed by atoms with Crippen molar-refractivity contribution in [2.24, 2.45) is 0 Å². The SMILES string of the molecule is CCc1cc(-c2cccc3ccc4ccccc4c23)ccc1N(c1cc(C)c(-c2cccc3ccc4ccccc4c23)cc1CC)c1cc(C)c(-c2cccc3ccc4ccccc4c23)cc1CC. The number of hydrogen-bond donors (Lipinski definition) is 0. The van der Waals surface area contributed by atoms with Gasteiger partial charge >= 0.3 is 0 Å². The molecule has 12 aromatic carbocycles. The third-order valence-electron chi connectivity index (χ3n) is 15.0. The van der Waals surface area contributed by atoms with Gasteiger partial charge in [-0.1, -0.05) is 191 Å². The largest absolute Gasteiger partial charge is 0.310 e. The molecule has 0 radical (unpaired) electrons. The maximum absolute atomic E-state index is 2.63. The van der Waals surface area contributed by atoms with Crippen LogP contribution in [0.5, 0.6) is 0 Å². The summed E-state index contributed by atoms with van der Waals surface area (Å²) in [6.07, 6.45) is 2.65. The maximum atomic E-state index is 2.63. The molecule has 1 nitrogen and oxygen atoms in total. The molecule has 12 rings (SSSR count). The quantitative estimate of drug-likeness (QED) is 0.131. The minimum Gasteiger partial charge on any atom is -0.310 e. The summed E-state index contributed by atoms with van der Waals surface area (Å²) in [6, 6.07) is 77.7. The van der Waals surface area contributed by atoms with E-state index in [-0.39, 0.29) is 0 Å². The van der Waals surface area contributed by atoms with Crippen molar-refractivity contribution in [2.45, 2.75) is 53.9 Å².